The molecule has 0 atom stereocenters. The quantitative estimate of drug-likeness (QED) is 0.692. The second-order valence-corrected chi connectivity index (χ2v) is 4.76. The molecule has 0 heterocycles. The summed E-state index contributed by atoms with van der Waals surface area (Å²) in [4.78, 5) is 0. The van der Waals surface area contributed by atoms with E-state index in [1.54, 1.807) is 12.1 Å². The Kier molecular flexibility index (Phi) is 2.96. The van der Waals surface area contributed by atoms with Crippen molar-refractivity contribution in [3.8, 4) is 16.9 Å². The molecule has 0 saturated carbocycles. The summed E-state index contributed by atoms with van der Waals surface area (Å²) >= 11 is 0. The predicted octanol–water partition coefficient (Wildman–Crippen LogP) is 4.77. The lowest BCUT2D eigenvalue weighted by molar-refractivity contribution is 0.476. The van der Waals surface area contributed by atoms with E-state index in [0.29, 0.717) is 5.75 Å². The lowest BCUT2D eigenvalue weighted by Gasteiger charge is -2.09. The number of hydrogen-bond acceptors (Lipinski definition) is 1. The van der Waals surface area contributed by atoms with Crippen LogP contribution >= 0.6 is 0 Å². The molecule has 0 spiro atoms. The average Bonchev–Trinajstić information content (AvgIpc) is 2.46. The number of phenolic OH excluding ortho intramolecular Hbond substituents is 1. The Morgan fingerprint density at radius 3 is 2.42 bits per heavy atom. The van der Waals surface area contributed by atoms with Gasteiger partial charge in [-0.15, -0.1) is 0 Å². The first-order valence-electron chi connectivity index (χ1n) is 6.59. The number of fused-ring (bicyclic) bond motifs is 1. The van der Waals surface area contributed by atoms with Crippen LogP contribution in [0.25, 0.3) is 21.9 Å². The van der Waals surface area contributed by atoms with Gasteiger partial charge in [-0.1, -0.05) is 49.4 Å². The summed E-state index contributed by atoms with van der Waals surface area (Å²) in [6.07, 6.45) is 1.03. The Hall–Kier alpha value is -2.28. The first kappa shape index (κ1) is 11.8. The Labute approximate surface area is 113 Å². The maximum absolute atomic E-state index is 9.50. The molecule has 3 aromatic carbocycles. The molecule has 1 heteroatoms. The molecule has 3 rings (SSSR count). The zero-order valence-electron chi connectivity index (χ0n) is 10.9. The molecule has 0 aliphatic rings. The Bertz CT molecular complexity index is 729. The van der Waals surface area contributed by atoms with E-state index in [-0.39, 0.29) is 0 Å². The summed E-state index contributed by atoms with van der Waals surface area (Å²) in [5, 5.41) is 11.7. The van der Waals surface area contributed by atoms with Crippen molar-refractivity contribution >= 4 is 10.8 Å². The van der Waals surface area contributed by atoms with Gasteiger partial charge in [-0.05, 0) is 52.1 Å². The van der Waals surface area contributed by atoms with Crippen LogP contribution in [0.2, 0.25) is 0 Å². The van der Waals surface area contributed by atoms with Gasteiger partial charge in [0.25, 0.3) is 0 Å². The first-order valence-corrected chi connectivity index (χ1v) is 6.59. The average molecular weight is 248 g/mol. The normalized spacial score (nSPS) is 10.8. The van der Waals surface area contributed by atoms with Crippen molar-refractivity contribution in [1.82, 2.24) is 0 Å². The minimum Gasteiger partial charge on any atom is -0.508 e. The molecule has 0 fully saturated rings. The fraction of sp³-hybridized carbons (Fsp3) is 0.111. The summed E-state index contributed by atoms with van der Waals surface area (Å²) in [7, 11) is 0. The molecule has 0 aliphatic carbocycles. The van der Waals surface area contributed by atoms with E-state index in [1.165, 1.54) is 16.7 Å². The largest absolute Gasteiger partial charge is 0.508 e. The molecule has 3 aromatic rings. The van der Waals surface area contributed by atoms with E-state index in [9.17, 15) is 5.11 Å². The van der Waals surface area contributed by atoms with Crippen molar-refractivity contribution < 1.29 is 5.11 Å². The molecule has 0 aliphatic heterocycles. The van der Waals surface area contributed by atoms with Gasteiger partial charge in [-0.25, -0.2) is 0 Å². The number of hydrogen-bond donors (Lipinski definition) is 1. The van der Waals surface area contributed by atoms with Crippen LogP contribution in [-0.4, -0.2) is 5.11 Å². The molecule has 94 valence electrons. The van der Waals surface area contributed by atoms with Gasteiger partial charge in [0.1, 0.15) is 5.75 Å². The van der Waals surface area contributed by atoms with E-state index in [1.807, 2.05) is 6.07 Å². The highest BCUT2D eigenvalue weighted by Crippen LogP contribution is 2.28. The van der Waals surface area contributed by atoms with Crippen molar-refractivity contribution in [2.45, 2.75) is 13.3 Å². The van der Waals surface area contributed by atoms with Crippen LogP contribution in [0.1, 0.15) is 12.5 Å². The van der Waals surface area contributed by atoms with E-state index < -0.39 is 0 Å². The molecule has 0 amide bonds. The Morgan fingerprint density at radius 2 is 1.58 bits per heavy atom. The van der Waals surface area contributed by atoms with Gasteiger partial charge >= 0.3 is 0 Å². The van der Waals surface area contributed by atoms with E-state index in [4.69, 9.17) is 0 Å². The van der Waals surface area contributed by atoms with Crippen molar-refractivity contribution in [1.29, 1.82) is 0 Å². The van der Waals surface area contributed by atoms with Gasteiger partial charge < -0.3 is 5.11 Å². The van der Waals surface area contributed by atoms with Crippen molar-refractivity contribution in [2.75, 3.05) is 0 Å². The summed E-state index contributed by atoms with van der Waals surface area (Å²) in [5.41, 5.74) is 3.89. The molecule has 0 radical (unpaired) electrons. The monoisotopic (exact) mass is 248 g/mol. The highest BCUT2D eigenvalue weighted by molar-refractivity contribution is 5.88. The number of aryl methyl sites for hydroxylation is 1. The number of rotatable bonds is 2. The number of benzene rings is 3. The van der Waals surface area contributed by atoms with E-state index in [0.717, 1.165) is 17.2 Å². The molecule has 0 unspecified atom stereocenters. The smallest absolute Gasteiger partial charge is 0.116 e. The highest BCUT2D eigenvalue weighted by atomic mass is 16.3. The minimum atomic E-state index is 0.314. The molecule has 0 aromatic heterocycles. The molecule has 19 heavy (non-hydrogen) atoms. The lowest BCUT2D eigenvalue weighted by atomic mass is 9.96. The third-order valence-electron chi connectivity index (χ3n) is 3.53. The summed E-state index contributed by atoms with van der Waals surface area (Å²) in [6, 6.07) is 20.4. The van der Waals surface area contributed by atoms with Crippen LogP contribution in [-0.2, 0) is 6.42 Å². The third kappa shape index (κ3) is 2.19. The fourth-order valence-corrected chi connectivity index (χ4v) is 2.51. The summed E-state index contributed by atoms with van der Waals surface area (Å²) in [5.74, 6) is 0.314. The molecule has 0 bridgehead atoms. The van der Waals surface area contributed by atoms with Crippen LogP contribution in [0, 0.1) is 0 Å². The minimum absolute atomic E-state index is 0.314. The van der Waals surface area contributed by atoms with Gasteiger partial charge in [0.2, 0.25) is 0 Å². The zero-order chi connectivity index (χ0) is 13.2. The molecular formula is C18H16O. The summed E-state index contributed by atoms with van der Waals surface area (Å²) < 4.78 is 0. The highest BCUT2D eigenvalue weighted by Gasteiger charge is 2.04. The SMILES string of the molecule is CCc1ccccc1-c1ccc2cc(O)ccc2c1. The van der Waals surface area contributed by atoms with Gasteiger partial charge in [0.05, 0.1) is 0 Å². The second-order valence-electron chi connectivity index (χ2n) is 4.76. The zero-order valence-corrected chi connectivity index (χ0v) is 10.9. The second kappa shape index (κ2) is 4.77. The first-order chi connectivity index (χ1) is 9.28. The van der Waals surface area contributed by atoms with E-state index in [2.05, 4.69) is 49.4 Å². The lowest BCUT2D eigenvalue weighted by Crippen LogP contribution is -1.87. The van der Waals surface area contributed by atoms with Crippen LogP contribution in [0.3, 0.4) is 0 Å². The fourth-order valence-electron chi connectivity index (χ4n) is 2.51. The number of phenols is 1. The van der Waals surface area contributed by atoms with Crippen LogP contribution in [0.15, 0.2) is 60.7 Å². The summed E-state index contributed by atoms with van der Waals surface area (Å²) in [6.45, 7) is 2.18. The van der Waals surface area contributed by atoms with Crippen molar-refractivity contribution in [3.63, 3.8) is 0 Å². The maximum atomic E-state index is 9.50. The van der Waals surface area contributed by atoms with Gasteiger partial charge in [-0.3, -0.25) is 0 Å². The standard InChI is InChI=1S/C18H16O/c1-2-13-5-3-4-6-18(13)16-8-7-15-12-17(19)10-9-14(15)11-16/h3-12,19H,2H2,1H3. The van der Waals surface area contributed by atoms with Crippen LogP contribution in [0.4, 0.5) is 0 Å². The third-order valence-corrected chi connectivity index (χ3v) is 3.53. The topological polar surface area (TPSA) is 20.2 Å². The van der Waals surface area contributed by atoms with Gasteiger partial charge in [0.15, 0.2) is 0 Å². The molecule has 1 N–H and O–H groups in total. The molecule has 0 saturated heterocycles. The Morgan fingerprint density at radius 1 is 0.842 bits per heavy atom. The molecule has 1 nitrogen and oxygen atoms in total. The van der Waals surface area contributed by atoms with Crippen molar-refractivity contribution in [3.05, 3.63) is 66.2 Å². The van der Waals surface area contributed by atoms with Crippen LogP contribution in [0.5, 0.6) is 5.75 Å². The maximum Gasteiger partial charge on any atom is 0.116 e. The van der Waals surface area contributed by atoms with Gasteiger partial charge in [-0.2, -0.15) is 0 Å². The van der Waals surface area contributed by atoms with Crippen molar-refractivity contribution in [2.24, 2.45) is 0 Å². The Balaban J connectivity index is 2.18. The van der Waals surface area contributed by atoms with Crippen LogP contribution < -0.4 is 0 Å². The predicted molar refractivity (Wildman–Crippen MR) is 80.4 cm³/mol. The molecular weight excluding hydrogens is 232 g/mol. The van der Waals surface area contributed by atoms with E-state index >= 15 is 0 Å². The van der Waals surface area contributed by atoms with Gasteiger partial charge in [0, 0.05) is 0 Å². The number of aromatic hydroxyl groups is 1.